The third kappa shape index (κ3) is 2.72. The van der Waals surface area contributed by atoms with Crippen LogP contribution >= 0.6 is 38.9 Å². The number of anilines is 1. The Morgan fingerprint density at radius 3 is 2.94 bits per heavy atom. The molecule has 2 aromatic heterocycles. The minimum atomic E-state index is 0.417. The van der Waals surface area contributed by atoms with Crippen LogP contribution in [0.2, 0.25) is 5.15 Å². The van der Waals surface area contributed by atoms with Gasteiger partial charge >= 0.3 is 0 Å². The van der Waals surface area contributed by atoms with Crippen molar-refractivity contribution in [1.29, 1.82) is 0 Å². The van der Waals surface area contributed by atoms with E-state index < -0.39 is 0 Å². The van der Waals surface area contributed by atoms with Crippen LogP contribution in [0.5, 0.6) is 0 Å². The molecular weight excluding hydrogens is 310 g/mol. The molecule has 16 heavy (non-hydrogen) atoms. The summed E-state index contributed by atoms with van der Waals surface area (Å²) in [7, 11) is 0. The van der Waals surface area contributed by atoms with Crippen molar-refractivity contribution in [3.63, 3.8) is 0 Å². The maximum absolute atomic E-state index is 5.86. The van der Waals surface area contributed by atoms with Gasteiger partial charge in [0.05, 0.1) is 11.0 Å². The lowest BCUT2D eigenvalue weighted by molar-refractivity contribution is 1.09. The minimum Gasteiger partial charge on any atom is -0.364 e. The summed E-state index contributed by atoms with van der Waals surface area (Å²) in [5, 5.41) is 3.63. The Kier molecular flexibility index (Phi) is 3.78. The monoisotopic (exact) mass is 317 g/mol. The first-order chi connectivity index (χ1) is 7.66. The molecule has 0 saturated heterocycles. The molecule has 0 saturated carbocycles. The Hall–Kier alpha value is -0.650. The number of rotatable bonds is 3. The fourth-order valence-electron chi connectivity index (χ4n) is 1.22. The average Bonchev–Trinajstić information content (AvgIpc) is 2.67. The SMILES string of the molecule is Cc1ccc(CNc2ncnc(Cl)c2Br)s1. The van der Waals surface area contributed by atoms with Crippen LogP contribution < -0.4 is 5.32 Å². The van der Waals surface area contributed by atoms with Gasteiger partial charge in [-0.25, -0.2) is 9.97 Å². The second kappa shape index (κ2) is 5.12. The standard InChI is InChI=1S/C10H9BrClN3S/c1-6-2-3-7(16-6)4-13-10-8(11)9(12)14-5-15-10/h2-3,5H,4H2,1H3,(H,13,14,15). The highest BCUT2D eigenvalue weighted by Gasteiger charge is 2.06. The second-order valence-corrected chi connectivity index (χ2v) is 5.72. The molecule has 0 atom stereocenters. The van der Waals surface area contributed by atoms with Crippen molar-refractivity contribution in [2.45, 2.75) is 13.5 Å². The topological polar surface area (TPSA) is 37.8 Å². The molecule has 6 heteroatoms. The molecule has 0 fully saturated rings. The number of halogens is 2. The van der Waals surface area contributed by atoms with Crippen LogP contribution in [-0.2, 0) is 6.54 Å². The number of hydrogen-bond donors (Lipinski definition) is 1. The van der Waals surface area contributed by atoms with Crippen molar-refractivity contribution in [1.82, 2.24) is 9.97 Å². The summed E-state index contributed by atoms with van der Waals surface area (Å²) in [5.74, 6) is 0.714. The maximum Gasteiger partial charge on any atom is 0.148 e. The van der Waals surface area contributed by atoms with Gasteiger partial charge < -0.3 is 5.32 Å². The smallest absolute Gasteiger partial charge is 0.148 e. The van der Waals surface area contributed by atoms with Crippen LogP contribution in [0.4, 0.5) is 5.82 Å². The summed E-state index contributed by atoms with van der Waals surface area (Å²) in [6.45, 7) is 2.83. The Morgan fingerprint density at radius 1 is 1.44 bits per heavy atom. The van der Waals surface area contributed by atoms with E-state index in [2.05, 4.69) is 50.3 Å². The Balaban J connectivity index is 2.07. The summed E-state index contributed by atoms with van der Waals surface area (Å²) in [5.41, 5.74) is 0. The van der Waals surface area contributed by atoms with Gasteiger partial charge in [-0.05, 0) is 35.0 Å². The van der Waals surface area contributed by atoms with E-state index >= 15 is 0 Å². The van der Waals surface area contributed by atoms with E-state index in [0.29, 0.717) is 15.4 Å². The largest absolute Gasteiger partial charge is 0.364 e. The zero-order chi connectivity index (χ0) is 11.5. The van der Waals surface area contributed by atoms with Gasteiger partial charge in [0.2, 0.25) is 0 Å². The molecule has 2 heterocycles. The van der Waals surface area contributed by atoms with Crippen molar-refractivity contribution in [2.75, 3.05) is 5.32 Å². The van der Waals surface area contributed by atoms with Crippen molar-refractivity contribution >= 4 is 44.7 Å². The third-order valence-corrected chi connectivity index (χ3v) is 4.24. The summed E-state index contributed by atoms with van der Waals surface area (Å²) < 4.78 is 0.699. The summed E-state index contributed by atoms with van der Waals surface area (Å²) >= 11 is 11.0. The molecule has 0 aliphatic heterocycles. The second-order valence-electron chi connectivity index (χ2n) is 3.19. The molecule has 0 aromatic carbocycles. The lowest BCUT2D eigenvalue weighted by Crippen LogP contribution is -2.01. The van der Waals surface area contributed by atoms with Gasteiger partial charge in [0, 0.05) is 9.75 Å². The van der Waals surface area contributed by atoms with Crippen LogP contribution in [-0.4, -0.2) is 9.97 Å². The van der Waals surface area contributed by atoms with E-state index in [1.807, 2.05) is 0 Å². The molecule has 0 spiro atoms. The summed E-state index contributed by atoms with van der Waals surface area (Å²) in [4.78, 5) is 10.5. The molecule has 2 aromatic rings. The van der Waals surface area contributed by atoms with Gasteiger partial charge in [0.15, 0.2) is 0 Å². The number of aryl methyl sites for hydroxylation is 1. The first-order valence-corrected chi connectivity index (χ1v) is 6.61. The molecule has 2 rings (SSSR count). The molecule has 3 nitrogen and oxygen atoms in total. The molecule has 0 bridgehead atoms. The average molecular weight is 319 g/mol. The molecule has 1 N–H and O–H groups in total. The molecule has 84 valence electrons. The van der Waals surface area contributed by atoms with Gasteiger partial charge in [0.25, 0.3) is 0 Å². The van der Waals surface area contributed by atoms with E-state index in [-0.39, 0.29) is 0 Å². The van der Waals surface area contributed by atoms with E-state index in [9.17, 15) is 0 Å². The quantitative estimate of drug-likeness (QED) is 0.873. The van der Waals surface area contributed by atoms with E-state index in [4.69, 9.17) is 11.6 Å². The van der Waals surface area contributed by atoms with Crippen molar-refractivity contribution in [2.24, 2.45) is 0 Å². The van der Waals surface area contributed by atoms with E-state index in [1.54, 1.807) is 11.3 Å². The highest BCUT2D eigenvalue weighted by molar-refractivity contribution is 9.10. The number of nitrogens with one attached hydrogen (secondary N) is 1. The van der Waals surface area contributed by atoms with Crippen LogP contribution in [0.25, 0.3) is 0 Å². The predicted molar refractivity (Wildman–Crippen MR) is 71.1 cm³/mol. The third-order valence-electron chi connectivity index (χ3n) is 1.97. The van der Waals surface area contributed by atoms with E-state index in [0.717, 1.165) is 6.54 Å². The van der Waals surface area contributed by atoms with Crippen molar-refractivity contribution in [3.05, 3.63) is 37.8 Å². The number of nitrogens with zero attached hydrogens (tertiary/aromatic N) is 2. The Morgan fingerprint density at radius 2 is 2.25 bits per heavy atom. The highest BCUT2D eigenvalue weighted by Crippen LogP contribution is 2.26. The predicted octanol–water partition coefficient (Wildman–Crippen LogP) is 3.87. The van der Waals surface area contributed by atoms with Crippen LogP contribution in [0.1, 0.15) is 9.75 Å². The molecule has 0 radical (unpaired) electrons. The lowest BCUT2D eigenvalue weighted by Gasteiger charge is -2.06. The number of aromatic nitrogens is 2. The Bertz CT molecular complexity index is 501. The Labute approximate surface area is 111 Å². The van der Waals surface area contributed by atoms with Crippen LogP contribution in [0.15, 0.2) is 22.9 Å². The molecule has 0 amide bonds. The van der Waals surface area contributed by atoms with Gasteiger partial charge in [-0.3, -0.25) is 0 Å². The fourth-order valence-corrected chi connectivity index (χ4v) is 2.53. The number of thiophene rings is 1. The summed E-state index contributed by atoms with van der Waals surface area (Å²) in [6, 6.07) is 4.20. The zero-order valence-corrected chi connectivity index (χ0v) is 11.7. The van der Waals surface area contributed by atoms with Gasteiger partial charge in [-0.1, -0.05) is 11.6 Å². The van der Waals surface area contributed by atoms with Crippen molar-refractivity contribution in [3.8, 4) is 0 Å². The molecule has 0 unspecified atom stereocenters. The molecule has 0 aliphatic carbocycles. The van der Waals surface area contributed by atoms with Crippen molar-refractivity contribution < 1.29 is 0 Å². The normalized spacial score (nSPS) is 10.4. The minimum absolute atomic E-state index is 0.417. The molecular formula is C10H9BrClN3S. The maximum atomic E-state index is 5.86. The fraction of sp³-hybridized carbons (Fsp3) is 0.200. The number of hydrogen-bond acceptors (Lipinski definition) is 4. The van der Waals surface area contributed by atoms with E-state index in [1.165, 1.54) is 16.1 Å². The highest BCUT2D eigenvalue weighted by atomic mass is 79.9. The zero-order valence-electron chi connectivity index (χ0n) is 8.50. The van der Waals surface area contributed by atoms with Gasteiger partial charge in [0.1, 0.15) is 17.3 Å². The van der Waals surface area contributed by atoms with Gasteiger partial charge in [-0.15, -0.1) is 11.3 Å². The van der Waals surface area contributed by atoms with Crippen LogP contribution in [0, 0.1) is 6.92 Å². The summed E-state index contributed by atoms with van der Waals surface area (Å²) in [6.07, 6.45) is 1.44. The lowest BCUT2D eigenvalue weighted by atomic mass is 10.4. The van der Waals surface area contributed by atoms with Gasteiger partial charge in [-0.2, -0.15) is 0 Å². The first kappa shape index (κ1) is 11.8. The van der Waals surface area contributed by atoms with Crippen LogP contribution in [0.3, 0.4) is 0 Å². The molecule has 0 aliphatic rings. The first-order valence-electron chi connectivity index (χ1n) is 4.62.